The Morgan fingerprint density at radius 3 is 1.78 bits per heavy atom. The number of ether oxygens (including phenoxy) is 4. The first kappa shape index (κ1) is 26.3. The molecule has 2 aliphatic heterocycles. The van der Waals surface area contributed by atoms with Crippen LogP contribution in [0.4, 0.5) is 0 Å². The fraction of sp³-hybridized carbons (Fsp3) is 0.419. The van der Waals surface area contributed by atoms with Crippen molar-refractivity contribution in [1.29, 1.82) is 0 Å². The normalized spacial score (nSPS) is 23.8. The van der Waals surface area contributed by atoms with Gasteiger partial charge in [-0.2, -0.15) is 0 Å². The summed E-state index contributed by atoms with van der Waals surface area (Å²) in [6.07, 6.45) is -0.536. The fourth-order valence-electron chi connectivity index (χ4n) is 5.61. The van der Waals surface area contributed by atoms with Crippen molar-refractivity contribution in [2.45, 2.75) is 56.8 Å². The maximum absolute atomic E-state index is 7.30. The molecule has 0 amide bonds. The molecule has 0 bridgehead atoms. The second-order valence-corrected chi connectivity index (χ2v) is 15.1. The Balaban J connectivity index is 1.26. The molecule has 196 valence electrons. The van der Waals surface area contributed by atoms with E-state index in [1.165, 1.54) is 10.4 Å². The van der Waals surface area contributed by atoms with Gasteiger partial charge in [0.25, 0.3) is 8.32 Å². The lowest BCUT2D eigenvalue weighted by atomic mass is 10.1. The summed E-state index contributed by atoms with van der Waals surface area (Å²) in [6.45, 7) is 9.52. The molecule has 0 unspecified atom stereocenters. The number of rotatable bonds is 10. The van der Waals surface area contributed by atoms with Crippen molar-refractivity contribution in [3.05, 3.63) is 96.6 Å². The van der Waals surface area contributed by atoms with Crippen molar-refractivity contribution >= 4 is 18.7 Å². The SMILES string of the molecule is CC(C)(C)[Si](O[C@H]1CO[C@H]2[C@@H]1OC[C@H]2OCCOCc1ccccc1)(c1ccccc1)c1ccccc1. The van der Waals surface area contributed by atoms with Crippen LogP contribution in [0, 0.1) is 0 Å². The van der Waals surface area contributed by atoms with E-state index in [-0.39, 0.29) is 29.5 Å². The van der Waals surface area contributed by atoms with Gasteiger partial charge in [-0.25, -0.2) is 0 Å². The summed E-state index contributed by atoms with van der Waals surface area (Å²) in [4.78, 5) is 0. The Hall–Kier alpha value is -2.32. The predicted molar refractivity (Wildman–Crippen MR) is 148 cm³/mol. The van der Waals surface area contributed by atoms with Gasteiger partial charge in [0.2, 0.25) is 0 Å². The third-order valence-electron chi connectivity index (χ3n) is 7.38. The molecule has 37 heavy (non-hydrogen) atoms. The van der Waals surface area contributed by atoms with E-state index >= 15 is 0 Å². The Morgan fingerprint density at radius 1 is 0.703 bits per heavy atom. The number of hydrogen-bond acceptors (Lipinski definition) is 5. The maximum Gasteiger partial charge on any atom is 0.261 e. The lowest BCUT2D eigenvalue weighted by molar-refractivity contribution is -0.0543. The Morgan fingerprint density at radius 2 is 1.22 bits per heavy atom. The van der Waals surface area contributed by atoms with E-state index in [4.69, 9.17) is 23.4 Å². The van der Waals surface area contributed by atoms with Gasteiger partial charge >= 0.3 is 0 Å². The topological polar surface area (TPSA) is 46.2 Å². The van der Waals surface area contributed by atoms with E-state index in [9.17, 15) is 0 Å². The average molecular weight is 519 g/mol. The summed E-state index contributed by atoms with van der Waals surface area (Å²) in [7, 11) is -2.69. The smallest absolute Gasteiger partial charge is 0.261 e. The van der Waals surface area contributed by atoms with Crippen LogP contribution < -0.4 is 10.4 Å². The maximum atomic E-state index is 7.30. The highest BCUT2D eigenvalue weighted by atomic mass is 28.4. The van der Waals surface area contributed by atoms with Gasteiger partial charge in [-0.1, -0.05) is 112 Å². The van der Waals surface area contributed by atoms with Crippen molar-refractivity contribution < 1.29 is 23.4 Å². The molecule has 0 N–H and O–H groups in total. The van der Waals surface area contributed by atoms with Gasteiger partial charge in [0, 0.05) is 0 Å². The molecule has 2 fully saturated rings. The lowest BCUT2D eigenvalue weighted by Gasteiger charge is -2.45. The summed E-state index contributed by atoms with van der Waals surface area (Å²) in [5.41, 5.74) is 1.16. The van der Waals surface area contributed by atoms with Crippen molar-refractivity contribution in [3.63, 3.8) is 0 Å². The van der Waals surface area contributed by atoms with E-state index in [0.29, 0.717) is 33.0 Å². The van der Waals surface area contributed by atoms with Crippen LogP contribution >= 0.6 is 0 Å². The van der Waals surface area contributed by atoms with Crippen molar-refractivity contribution in [3.8, 4) is 0 Å². The van der Waals surface area contributed by atoms with Crippen LogP contribution in [0.15, 0.2) is 91.0 Å². The minimum Gasteiger partial charge on any atom is -0.399 e. The van der Waals surface area contributed by atoms with Gasteiger partial charge in [-0.3, -0.25) is 0 Å². The predicted octanol–water partition coefficient (Wildman–Crippen LogP) is 4.33. The molecule has 3 aromatic carbocycles. The molecular formula is C31H38O5Si. The molecule has 0 spiro atoms. The van der Waals surface area contributed by atoms with Gasteiger partial charge in [-0.05, 0) is 21.0 Å². The molecule has 5 nitrogen and oxygen atoms in total. The molecule has 3 aromatic rings. The van der Waals surface area contributed by atoms with Crippen LogP contribution in [-0.2, 0) is 30.0 Å². The van der Waals surface area contributed by atoms with E-state index in [2.05, 4.69) is 93.6 Å². The first-order chi connectivity index (χ1) is 18.0. The second kappa shape index (κ2) is 11.6. The summed E-state index contributed by atoms with van der Waals surface area (Å²) in [5, 5.41) is 2.43. The summed E-state index contributed by atoms with van der Waals surface area (Å²) < 4.78 is 31.8. The highest BCUT2D eigenvalue weighted by Crippen LogP contribution is 2.40. The second-order valence-electron chi connectivity index (χ2n) is 10.9. The summed E-state index contributed by atoms with van der Waals surface area (Å²) in [6, 6.07) is 31.6. The molecule has 2 saturated heterocycles. The quantitative estimate of drug-likeness (QED) is 0.295. The minimum absolute atomic E-state index is 0.0988. The zero-order valence-corrected chi connectivity index (χ0v) is 23.0. The molecule has 0 radical (unpaired) electrons. The van der Waals surface area contributed by atoms with Crippen LogP contribution in [0.1, 0.15) is 26.3 Å². The van der Waals surface area contributed by atoms with Gasteiger partial charge < -0.3 is 23.4 Å². The number of hydrogen-bond donors (Lipinski definition) is 0. The third-order valence-corrected chi connectivity index (χ3v) is 12.4. The molecule has 0 saturated carbocycles. The summed E-state index contributed by atoms with van der Waals surface area (Å²) >= 11 is 0. The zero-order valence-electron chi connectivity index (χ0n) is 22.0. The van der Waals surface area contributed by atoms with Gasteiger partial charge in [0.1, 0.15) is 18.3 Å². The standard InChI is InChI=1S/C31H38O5Si/c1-31(2,3)37(25-15-9-5-10-16-25,26-17-11-6-12-18-26)36-28-23-35-29-27(22-34-30(28)29)33-20-19-32-21-24-13-7-4-8-14-24/h4-18,27-30H,19-23H2,1-3H3/t27-,28+,29-,30-/m1/s1. The van der Waals surface area contributed by atoms with Crippen LogP contribution in [0.25, 0.3) is 0 Å². The van der Waals surface area contributed by atoms with Crippen LogP contribution in [0.3, 0.4) is 0 Å². The van der Waals surface area contributed by atoms with E-state index in [1.807, 2.05) is 18.2 Å². The van der Waals surface area contributed by atoms with Crippen LogP contribution in [0.2, 0.25) is 5.04 Å². The largest absolute Gasteiger partial charge is 0.399 e. The molecule has 2 aliphatic rings. The van der Waals surface area contributed by atoms with E-state index < -0.39 is 8.32 Å². The molecular weight excluding hydrogens is 480 g/mol. The average Bonchev–Trinajstić information content (AvgIpc) is 3.51. The first-order valence-corrected chi connectivity index (χ1v) is 15.2. The third kappa shape index (κ3) is 5.60. The molecule has 5 rings (SSSR count). The highest BCUT2D eigenvalue weighted by molar-refractivity contribution is 6.99. The van der Waals surface area contributed by atoms with Gasteiger partial charge in [0.05, 0.1) is 39.1 Å². The van der Waals surface area contributed by atoms with Crippen molar-refractivity contribution in [1.82, 2.24) is 0 Å². The Labute approximate surface area is 221 Å². The Kier molecular flexibility index (Phi) is 8.24. The molecule has 0 aromatic heterocycles. The van der Waals surface area contributed by atoms with Gasteiger partial charge in [-0.15, -0.1) is 0 Å². The van der Waals surface area contributed by atoms with Crippen molar-refractivity contribution in [2.24, 2.45) is 0 Å². The molecule has 0 aliphatic carbocycles. The summed E-state index contributed by atoms with van der Waals surface area (Å²) in [5.74, 6) is 0. The fourth-order valence-corrected chi connectivity index (χ4v) is 10.3. The van der Waals surface area contributed by atoms with E-state index in [1.54, 1.807) is 0 Å². The highest BCUT2D eigenvalue weighted by Gasteiger charge is 2.56. The van der Waals surface area contributed by atoms with Gasteiger partial charge in [0.15, 0.2) is 0 Å². The molecule has 2 heterocycles. The Bertz CT molecular complexity index is 1060. The monoisotopic (exact) mass is 518 g/mol. The van der Waals surface area contributed by atoms with Crippen molar-refractivity contribution in [2.75, 3.05) is 26.4 Å². The minimum atomic E-state index is -2.69. The van der Waals surface area contributed by atoms with Crippen LogP contribution in [-0.4, -0.2) is 59.2 Å². The number of fused-ring (bicyclic) bond motifs is 1. The van der Waals surface area contributed by atoms with Crippen LogP contribution in [0.5, 0.6) is 0 Å². The molecule has 6 heteroatoms. The first-order valence-electron chi connectivity index (χ1n) is 13.2. The molecule has 4 atom stereocenters. The zero-order chi connectivity index (χ0) is 25.7. The van der Waals surface area contributed by atoms with E-state index in [0.717, 1.165) is 5.56 Å². The lowest BCUT2D eigenvalue weighted by Crippen LogP contribution is -2.68. The number of benzene rings is 3.